The lowest BCUT2D eigenvalue weighted by molar-refractivity contribution is -0.122. The molecule has 0 saturated carbocycles. The van der Waals surface area contributed by atoms with Crippen LogP contribution in [0.25, 0.3) is 0 Å². The van der Waals surface area contributed by atoms with Gasteiger partial charge in [0, 0.05) is 30.0 Å². The maximum absolute atomic E-state index is 11.6. The van der Waals surface area contributed by atoms with Crippen LogP contribution in [0.5, 0.6) is 0 Å². The third-order valence-electron chi connectivity index (χ3n) is 3.24. The van der Waals surface area contributed by atoms with Crippen molar-refractivity contribution in [1.82, 2.24) is 5.32 Å². The molecule has 1 aromatic rings. The first-order valence-electron chi connectivity index (χ1n) is 5.95. The Bertz CT molecular complexity index is 499. The molecule has 0 aromatic heterocycles. The van der Waals surface area contributed by atoms with E-state index in [9.17, 15) is 9.59 Å². The highest BCUT2D eigenvalue weighted by Gasteiger charge is 2.25. The minimum absolute atomic E-state index is 0.00969. The summed E-state index contributed by atoms with van der Waals surface area (Å²) in [6.45, 7) is 4.70. The highest BCUT2D eigenvalue weighted by molar-refractivity contribution is 5.99. The number of ketones is 1. The summed E-state index contributed by atoms with van der Waals surface area (Å²) in [6.07, 6.45) is 0. The summed E-state index contributed by atoms with van der Waals surface area (Å²) in [7, 11) is 0. The quantitative estimate of drug-likeness (QED) is 0.598. The van der Waals surface area contributed by atoms with Gasteiger partial charge < -0.3 is 16.0 Å². The van der Waals surface area contributed by atoms with Crippen LogP contribution in [0.4, 0.5) is 11.4 Å². The van der Waals surface area contributed by atoms with E-state index in [0.29, 0.717) is 17.8 Å². The number of nitrogens with zero attached hydrogens (tertiary/aromatic N) is 1. The number of nitrogens with one attached hydrogen (secondary N) is 1. The molecule has 1 atom stereocenters. The number of rotatable bonds is 2. The molecule has 1 amide bonds. The maximum Gasteiger partial charge on any atom is 0.242 e. The van der Waals surface area contributed by atoms with Crippen molar-refractivity contribution in [3.63, 3.8) is 0 Å². The van der Waals surface area contributed by atoms with Gasteiger partial charge in [-0.2, -0.15) is 0 Å². The highest BCUT2D eigenvalue weighted by Crippen LogP contribution is 2.24. The maximum atomic E-state index is 11.6. The first-order chi connectivity index (χ1) is 8.50. The fourth-order valence-electron chi connectivity index (χ4n) is 2.18. The molecule has 5 nitrogen and oxygen atoms in total. The third kappa shape index (κ3) is 2.16. The average molecular weight is 247 g/mol. The number of nitrogens with two attached hydrogens (primary N) is 1. The van der Waals surface area contributed by atoms with E-state index in [1.54, 1.807) is 12.1 Å². The Morgan fingerprint density at radius 3 is 2.83 bits per heavy atom. The fraction of sp³-hybridized carbons (Fsp3) is 0.385. The molecule has 2 rings (SSSR count). The Morgan fingerprint density at radius 2 is 2.22 bits per heavy atom. The minimum Gasteiger partial charge on any atom is -0.398 e. The second kappa shape index (κ2) is 4.68. The molecular formula is C13H17N3O2. The van der Waals surface area contributed by atoms with E-state index in [1.807, 2.05) is 17.9 Å². The Labute approximate surface area is 106 Å². The lowest BCUT2D eigenvalue weighted by Crippen LogP contribution is -2.54. The Hall–Kier alpha value is -2.04. The van der Waals surface area contributed by atoms with E-state index in [1.165, 1.54) is 6.92 Å². The highest BCUT2D eigenvalue weighted by atomic mass is 16.2. The number of hydrogen-bond donors (Lipinski definition) is 2. The number of anilines is 2. The Balaban J connectivity index is 2.31. The summed E-state index contributed by atoms with van der Waals surface area (Å²) in [6, 6.07) is 5.08. The number of Topliss-reactive ketones (excluding diaryl/α,β-unsaturated/α-hetero) is 1. The van der Waals surface area contributed by atoms with Crippen molar-refractivity contribution in [2.45, 2.75) is 19.9 Å². The molecule has 0 bridgehead atoms. The summed E-state index contributed by atoms with van der Waals surface area (Å²) in [4.78, 5) is 24.9. The van der Waals surface area contributed by atoms with Gasteiger partial charge in [0.2, 0.25) is 5.91 Å². The van der Waals surface area contributed by atoms with Crippen LogP contribution < -0.4 is 16.0 Å². The summed E-state index contributed by atoms with van der Waals surface area (Å²) < 4.78 is 0. The standard InChI is InChI=1S/C13H17N3O2/c1-8-13(18)15-5-6-16(8)10-3-4-11(9(2)17)12(14)7-10/h3-4,7-8H,5-6,14H2,1-2H3,(H,15,18). The number of nitrogen functional groups attached to an aromatic ring is 1. The lowest BCUT2D eigenvalue weighted by atomic mass is 10.1. The van der Waals surface area contributed by atoms with Crippen LogP contribution in [0.3, 0.4) is 0 Å². The Morgan fingerprint density at radius 1 is 1.50 bits per heavy atom. The van der Waals surface area contributed by atoms with Gasteiger partial charge >= 0.3 is 0 Å². The van der Waals surface area contributed by atoms with Gasteiger partial charge in [0.05, 0.1) is 0 Å². The summed E-state index contributed by atoms with van der Waals surface area (Å²) in [5, 5.41) is 2.81. The summed E-state index contributed by atoms with van der Waals surface area (Å²) in [5.41, 5.74) is 7.71. The van der Waals surface area contributed by atoms with Gasteiger partial charge in [-0.05, 0) is 32.0 Å². The number of piperazine rings is 1. The van der Waals surface area contributed by atoms with E-state index in [2.05, 4.69) is 5.32 Å². The zero-order valence-electron chi connectivity index (χ0n) is 10.6. The van der Waals surface area contributed by atoms with Crippen LogP contribution in [0.15, 0.2) is 18.2 Å². The molecule has 96 valence electrons. The van der Waals surface area contributed by atoms with Crippen molar-refractivity contribution >= 4 is 23.1 Å². The summed E-state index contributed by atoms with van der Waals surface area (Å²) >= 11 is 0. The van der Waals surface area contributed by atoms with Crippen LogP contribution in [0.2, 0.25) is 0 Å². The van der Waals surface area contributed by atoms with Crippen LogP contribution in [0.1, 0.15) is 24.2 Å². The molecule has 1 heterocycles. The van der Waals surface area contributed by atoms with Gasteiger partial charge in [-0.25, -0.2) is 0 Å². The molecule has 0 radical (unpaired) electrons. The minimum atomic E-state index is -0.221. The SMILES string of the molecule is CC(=O)c1ccc(N2CCNC(=O)C2C)cc1N. The van der Waals surface area contributed by atoms with Crippen molar-refractivity contribution in [2.75, 3.05) is 23.7 Å². The first kappa shape index (κ1) is 12.4. The van der Waals surface area contributed by atoms with Crippen LogP contribution in [-0.4, -0.2) is 30.8 Å². The molecule has 1 aliphatic heterocycles. The van der Waals surface area contributed by atoms with Gasteiger partial charge in [-0.1, -0.05) is 0 Å². The topological polar surface area (TPSA) is 75.4 Å². The smallest absolute Gasteiger partial charge is 0.242 e. The van der Waals surface area contributed by atoms with E-state index in [0.717, 1.165) is 12.2 Å². The van der Waals surface area contributed by atoms with Crippen LogP contribution in [-0.2, 0) is 4.79 Å². The predicted octanol–water partition coefficient (Wildman–Crippen LogP) is 0.796. The average Bonchev–Trinajstić information content (AvgIpc) is 2.32. The van der Waals surface area contributed by atoms with Gasteiger partial charge in [0.1, 0.15) is 6.04 Å². The van der Waals surface area contributed by atoms with Crippen molar-refractivity contribution in [3.8, 4) is 0 Å². The van der Waals surface area contributed by atoms with E-state index in [4.69, 9.17) is 5.73 Å². The largest absolute Gasteiger partial charge is 0.398 e. The molecule has 1 fully saturated rings. The number of amides is 1. The number of hydrogen-bond acceptors (Lipinski definition) is 4. The second-order valence-electron chi connectivity index (χ2n) is 4.49. The molecule has 5 heteroatoms. The van der Waals surface area contributed by atoms with Crippen molar-refractivity contribution < 1.29 is 9.59 Å². The van der Waals surface area contributed by atoms with E-state index < -0.39 is 0 Å². The molecule has 0 spiro atoms. The number of carbonyl (C=O) groups is 2. The fourth-order valence-corrected chi connectivity index (χ4v) is 2.18. The van der Waals surface area contributed by atoms with Gasteiger partial charge in [-0.15, -0.1) is 0 Å². The van der Waals surface area contributed by atoms with Crippen molar-refractivity contribution in [3.05, 3.63) is 23.8 Å². The molecule has 1 unspecified atom stereocenters. The normalized spacial score (nSPS) is 19.6. The van der Waals surface area contributed by atoms with Gasteiger partial charge in [0.15, 0.2) is 5.78 Å². The molecule has 0 aliphatic carbocycles. The molecule has 1 saturated heterocycles. The van der Waals surface area contributed by atoms with Crippen molar-refractivity contribution in [2.24, 2.45) is 0 Å². The number of benzene rings is 1. The van der Waals surface area contributed by atoms with Gasteiger partial charge in [-0.3, -0.25) is 9.59 Å². The van der Waals surface area contributed by atoms with Crippen molar-refractivity contribution in [1.29, 1.82) is 0 Å². The first-order valence-corrected chi connectivity index (χ1v) is 5.95. The second-order valence-corrected chi connectivity index (χ2v) is 4.49. The molecule has 3 N–H and O–H groups in total. The van der Waals surface area contributed by atoms with Crippen LogP contribution in [0, 0.1) is 0 Å². The zero-order chi connectivity index (χ0) is 13.3. The summed E-state index contributed by atoms with van der Waals surface area (Å²) in [5.74, 6) is -0.0426. The number of carbonyl (C=O) groups excluding carboxylic acids is 2. The van der Waals surface area contributed by atoms with Crippen LogP contribution >= 0.6 is 0 Å². The monoisotopic (exact) mass is 247 g/mol. The Kier molecular flexibility index (Phi) is 3.23. The van der Waals surface area contributed by atoms with E-state index >= 15 is 0 Å². The molecule has 1 aliphatic rings. The molecule has 18 heavy (non-hydrogen) atoms. The zero-order valence-corrected chi connectivity index (χ0v) is 10.6. The molecular weight excluding hydrogens is 230 g/mol. The lowest BCUT2D eigenvalue weighted by Gasteiger charge is -2.34. The van der Waals surface area contributed by atoms with E-state index in [-0.39, 0.29) is 17.7 Å². The predicted molar refractivity (Wildman–Crippen MR) is 70.7 cm³/mol. The molecule has 1 aromatic carbocycles. The van der Waals surface area contributed by atoms with Gasteiger partial charge in [0.25, 0.3) is 0 Å². The third-order valence-corrected chi connectivity index (χ3v) is 3.24.